The maximum Gasteiger partial charge on any atom is 0.245 e. The third kappa shape index (κ3) is 3.87. The monoisotopic (exact) mass is 259 g/mol. The quantitative estimate of drug-likeness (QED) is 0.543. The van der Waals surface area contributed by atoms with Gasteiger partial charge in [0.25, 0.3) is 0 Å². The Morgan fingerprint density at radius 2 is 2.06 bits per heavy atom. The SMILES string of the molecule is CCCCCCCC(=O)N1C(=O)CSC1=S. The summed E-state index contributed by atoms with van der Waals surface area (Å²) in [4.78, 5) is 24.2. The van der Waals surface area contributed by atoms with Crippen molar-refractivity contribution in [2.75, 3.05) is 5.75 Å². The van der Waals surface area contributed by atoms with E-state index >= 15 is 0 Å². The maximum atomic E-state index is 11.7. The summed E-state index contributed by atoms with van der Waals surface area (Å²) in [5.41, 5.74) is 0. The van der Waals surface area contributed by atoms with Crippen LogP contribution in [0.5, 0.6) is 0 Å². The summed E-state index contributed by atoms with van der Waals surface area (Å²) >= 11 is 6.24. The van der Waals surface area contributed by atoms with Gasteiger partial charge >= 0.3 is 0 Å². The predicted molar refractivity (Wildman–Crippen MR) is 70.3 cm³/mol. The molecule has 1 aliphatic rings. The number of imide groups is 1. The van der Waals surface area contributed by atoms with Crippen LogP contribution in [0, 0.1) is 0 Å². The van der Waals surface area contributed by atoms with Crippen molar-refractivity contribution in [2.45, 2.75) is 45.4 Å². The summed E-state index contributed by atoms with van der Waals surface area (Å²) in [6, 6.07) is 0. The second kappa shape index (κ2) is 7.01. The number of thioether (sulfide) groups is 1. The predicted octanol–water partition coefficient (Wildman–Crippen LogP) is 2.73. The van der Waals surface area contributed by atoms with Crippen LogP contribution in [0.25, 0.3) is 0 Å². The van der Waals surface area contributed by atoms with Gasteiger partial charge in [-0.3, -0.25) is 9.59 Å². The molecule has 0 bridgehead atoms. The van der Waals surface area contributed by atoms with Gasteiger partial charge in [-0.25, -0.2) is 4.90 Å². The first-order chi connectivity index (χ1) is 7.66. The van der Waals surface area contributed by atoms with Crippen molar-refractivity contribution in [1.82, 2.24) is 4.90 Å². The smallest absolute Gasteiger partial charge is 0.245 e. The van der Waals surface area contributed by atoms with E-state index in [1.165, 1.54) is 29.5 Å². The van der Waals surface area contributed by atoms with Crippen LogP contribution in [0.4, 0.5) is 0 Å². The second-order valence-electron chi connectivity index (χ2n) is 3.84. The van der Waals surface area contributed by atoms with Gasteiger partial charge in [-0.2, -0.15) is 0 Å². The van der Waals surface area contributed by atoms with Crippen molar-refractivity contribution in [3.8, 4) is 0 Å². The Kier molecular flexibility index (Phi) is 5.98. The van der Waals surface area contributed by atoms with E-state index in [4.69, 9.17) is 12.2 Å². The van der Waals surface area contributed by atoms with E-state index in [-0.39, 0.29) is 11.8 Å². The molecule has 5 heteroatoms. The molecule has 0 saturated carbocycles. The summed E-state index contributed by atoms with van der Waals surface area (Å²) in [6.45, 7) is 2.16. The summed E-state index contributed by atoms with van der Waals surface area (Å²) in [7, 11) is 0. The minimum atomic E-state index is -0.159. The molecule has 0 aromatic carbocycles. The molecule has 0 aromatic rings. The fourth-order valence-electron chi connectivity index (χ4n) is 1.59. The van der Waals surface area contributed by atoms with Gasteiger partial charge in [-0.15, -0.1) is 0 Å². The van der Waals surface area contributed by atoms with Crippen molar-refractivity contribution in [3.63, 3.8) is 0 Å². The lowest BCUT2D eigenvalue weighted by molar-refractivity contribution is -0.137. The van der Waals surface area contributed by atoms with Crippen LogP contribution in [0.1, 0.15) is 45.4 Å². The highest BCUT2D eigenvalue weighted by Crippen LogP contribution is 2.20. The van der Waals surface area contributed by atoms with Crippen molar-refractivity contribution in [1.29, 1.82) is 0 Å². The minimum Gasteiger partial charge on any atom is -0.274 e. The molecule has 16 heavy (non-hydrogen) atoms. The Labute approximate surface area is 106 Å². The normalized spacial score (nSPS) is 15.9. The highest BCUT2D eigenvalue weighted by molar-refractivity contribution is 8.24. The number of rotatable bonds is 6. The van der Waals surface area contributed by atoms with Crippen molar-refractivity contribution < 1.29 is 9.59 Å². The largest absolute Gasteiger partial charge is 0.274 e. The van der Waals surface area contributed by atoms with Gasteiger partial charge in [0.05, 0.1) is 5.75 Å². The molecule has 1 fully saturated rings. The average molecular weight is 259 g/mol. The molecule has 1 saturated heterocycles. The van der Waals surface area contributed by atoms with Crippen LogP contribution in [0.3, 0.4) is 0 Å². The zero-order valence-corrected chi connectivity index (χ0v) is 11.2. The van der Waals surface area contributed by atoms with Crippen molar-refractivity contribution >= 4 is 40.1 Å². The number of amides is 2. The first kappa shape index (κ1) is 13.6. The lowest BCUT2D eigenvalue weighted by Crippen LogP contribution is -2.34. The molecule has 90 valence electrons. The van der Waals surface area contributed by atoms with E-state index in [2.05, 4.69) is 6.92 Å². The number of hydrogen-bond donors (Lipinski definition) is 0. The standard InChI is InChI=1S/C11H17NO2S2/c1-2-3-4-5-6-7-9(13)12-10(14)8-16-11(12)15/h2-8H2,1H3. The van der Waals surface area contributed by atoms with Gasteiger partial charge in [0, 0.05) is 6.42 Å². The molecular formula is C11H17NO2S2. The topological polar surface area (TPSA) is 37.4 Å². The van der Waals surface area contributed by atoms with E-state index in [9.17, 15) is 9.59 Å². The minimum absolute atomic E-state index is 0.128. The van der Waals surface area contributed by atoms with Gasteiger partial charge in [-0.05, 0) is 6.42 Å². The van der Waals surface area contributed by atoms with E-state index in [0.717, 1.165) is 19.3 Å². The fourth-order valence-corrected chi connectivity index (χ4v) is 2.68. The first-order valence-corrected chi connectivity index (χ1v) is 7.08. The summed E-state index contributed by atoms with van der Waals surface area (Å²) < 4.78 is 0.420. The van der Waals surface area contributed by atoms with Crippen LogP contribution in [0.15, 0.2) is 0 Å². The molecule has 0 aromatic heterocycles. The number of hydrogen-bond acceptors (Lipinski definition) is 4. The summed E-state index contributed by atoms with van der Waals surface area (Å²) in [6.07, 6.45) is 5.93. The van der Waals surface area contributed by atoms with Crippen LogP contribution < -0.4 is 0 Å². The van der Waals surface area contributed by atoms with Gasteiger partial charge in [0.15, 0.2) is 0 Å². The number of unbranched alkanes of at least 4 members (excludes halogenated alkanes) is 4. The number of carbonyl (C=O) groups is 2. The molecular weight excluding hydrogens is 242 g/mol. The Balaban J connectivity index is 2.24. The van der Waals surface area contributed by atoms with Gasteiger partial charge < -0.3 is 0 Å². The average Bonchev–Trinajstić information content (AvgIpc) is 2.58. The van der Waals surface area contributed by atoms with Crippen LogP contribution in [-0.4, -0.2) is 26.8 Å². The summed E-state index contributed by atoms with van der Waals surface area (Å²) in [5.74, 6) is 0.0329. The lowest BCUT2D eigenvalue weighted by Gasteiger charge is -2.12. The van der Waals surface area contributed by atoms with E-state index in [1.54, 1.807) is 0 Å². The molecule has 0 spiro atoms. The van der Waals surface area contributed by atoms with E-state index in [0.29, 0.717) is 16.5 Å². The fraction of sp³-hybridized carbons (Fsp3) is 0.727. The van der Waals surface area contributed by atoms with Crippen LogP contribution in [-0.2, 0) is 9.59 Å². The van der Waals surface area contributed by atoms with Crippen LogP contribution >= 0.6 is 24.0 Å². The molecule has 0 unspecified atom stereocenters. The molecule has 1 rings (SSSR count). The third-order valence-electron chi connectivity index (χ3n) is 2.49. The second-order valence-corrected chi connectivity index (χ2v) is 5.45. The number of carbonyl (C=O) groups excluding carboxylic acids is 2. The molecule has 0 atom stereocenters. The Hall–Kier alpha value is -0.420. The Morgan fingerprint density at radius 1 is 1.38 bits per heavy atom. The molecule has 0 aliphatic carbocycles. The van der Waals surface area contributed by atoms with Crippen LogP contribution in [0.2, 0.25) is 0 Å². The molecule has 0 radical (unpaired) electrons. The molecule has 1 aliphatic heterocycles. The highest BCUT2D eigenvalue weighted by atomic mass is 32.2. The third-order valence-corrected chi connectivity index (χ3v) is 3.85. The maximum absolute atomic E-state index is 11.7. The number of nitrogens with zero attached hydrogens (tertiary/aromatic N) is 1. The van der Waals surface area contributed by atoms with Gasteiger partial charge in [-0.1, -0.05) is 56.6 Å². The molecule has 2 amide bonds. The Morgan fingerprint density at radius 3 is 2.62 bits per heavy atom. The molecule has 3 nitrogen and oxygen atoms in total. The first-order valence-electron chi connectivity index (χ1n) is 5.69. The lowest BCUT2D eigenvalue weighted by atomic mass is 10.1. The van der Waals surface area contributed by atoms with E-state index in [1.807, 2.05) is 0 Å². The van der Waals surface area contributed by atoms with Gasteiger partial charge in [0.2, 0.25) is 11.8 Å². The zero-order valence-electron chi connectivity index (χ0n) is 9.53. The van der Waals surface area contributed by atoms with Gasteiger partial charge in [0.1, 0.15) is 4.32 Å². The zero-order chi connectivity index (χ0) is 12.0. The van der Waals surface area contributed by atoms with Crippen molar-refractivity contribution in [2.24, 2.45) is 0 Å². The number of thiocarbonyl (C=S) groups is 1. The van der Waals surface area contributed by atoms with E-state index < -0.39 is 0 Å². The highest BCUT2D eigenvalue weighted by Gasteiger charge is 2.31. The summed E-state index contributed by atoms with van der Waals surface area (Å²) in [5, 5.41) is 0. The molecule has 1 heterocycles. The van der Waals surface area contributed by atoms with Crippen molar-refractivity contribution in [3.05, 3.63) is 0 Å². The Bertz CT molecular complexity index is 276. The molecule has 0 N–H and O–H groups in total.